The lowest BCUT2D eigenvalue weighted by atomic mass is 9.83. The minimum Gasteiger partial charge on any atom is -0.487 e. The van der Waals surface area contributed by atoms with E-state index in [1.54, 1.807) is 17.7 Å². The van der Waals surface area contributed by atoms with Gasteiger partial charge < -0.3 is 9.72 Å². The van der Waals surface area contributed by atoms with Crippen LogP contribution in [0.4, 0.5) is 0 Å². The maximum atomic E-state index is 12.4. The molecule has 8 heteroatoms. The zero-order valence-corrected chi connectivity index (χ0v) is 22.7. The summed E-state index contributed by atoms with van der Waals surface area (Å²) in [6.45, 7) is 10.0. The molecule has 2 atom stereocenters. The Balaban J connectivity index is 1.50. The molecule has 0 amide bonds. The first-order chi connectivity index (χ1) is 18.2. The van der Waals surface area contributed by atoms with Crippen molar-refractivity contribution in [2.24, 2.45) is 7.05 Å². The van der Waals surface area contributed by atoms with Crippen LogP contribution < -0.4 is 10.3 Å². The van der Waals surface area contributed by atoms with E-state index in [0.717, 1.165) is 52.1 Å². The van der Waals surface area contributed by atoms with Crippen molar-refractivity contribution < 1.29 is 9.53 Å². The Hall–Kier alpha value is -3.78. The van der Waals surface area contributed by atoms with Crippen LogP contribution in [0.1, 0.15) is 66.1 Å². The van der Waals surface area contributed by atoms with Crippen LogP contribution in [0, 0.1) is 13.8 Å². The average Bonchev–Trinajstić information content (AvgIpc) is 3.17. The Morgan fingerprint density at radius 2 is 2.00 bits per heavy atom. The zero-order valence-electron chi connectivity index (χ0n) is 22.7. The lowest BCUT2D eigenvalue weighted by Crippen LogP contribution is -2.32. The summed E-state index contributed by atoms with van der Waals surface area (Å²) >= 11 is 0. The third kappa shape index (κ3) is 5.13. The fourth-order valence-corrected chi connectivity index (χ4v) is 5.50. The number of carbonyl (C=O) groups excluding carboxylic acids is 1. The summed E-state index contributed by atoms with van der Waals surface area (Å²) in [5.74, 6) is 0.818. The van der Waals surface area contributed by atoms with Crippen molar-refractivity contribution in [2.45, 2.75) is 65.6 Å². The van der Waals surface area contributed by atoms with Crippen LogP contribution in [-0.2, 0) is 24.9 Å². The highest BCUT2D eigenvalue weighted by Crippen LogP contribution is 2.35. The number of ether oxygens (including phenoxy) is 1. The molecule has 1 aliphatic rings. The Kier molecular flexibility index (Phi) is 7.17. The minimum atomic E-state index is -0.122. The molecule has 0 radical (unpaired) electrons. The number of aryl methyl sites for hydroxylation is 3. The van der Waals surface area contributed by atoms with Crippen molar-refractivity contribution in [3.05, 3.63) is 86.3 Å². The Bertz CT molecular complexity index is 1550. The topological polar surface area (TPSA) is 93.1 Å². The molecule has 0 saturated heterocycles. The number of nitrogens with one attached hydrogen (secondary N) is 1. The van der Waals surface area contributed by atoms with Crippen LogP contribution in [0.2, 0.25) is 0 Å². The summed E-state index contributed by atoms with van der Waals surface area (Å²) in [7, 11) is 1.89. The van der Waals surface area contributed by atoms with Crippen molar-refractivity contribution in [3.8, 4) is 5.75 Å². The smallest absolute Gasteiger partial charge is 0.248 e. The van der Waals surface area contributed by atoms with E-state index in [1.807, 2.05) is 13.1 Å². The molecule has 1 aliphatic heterocycles. The first-order valence-electron chi connectivity index (χ1n) is 13.2. The number of benzene rings is 2. The molecule has 0 fully saturated rings. The number of hydrogen-bond acceptors (Lipinski definition) is 6. The number of rotatable bonds is 7. The summed E-state index contributed by atoms with van der Waals surface area (Å²) in [5, 5.41) is 8.56. The van der Waals surface area contributed by atoms with E-state index >= 15 is 0 Å². The van der Waals surface area contributed by atoms with E-state index in [4.69, 9.17) is 4.74 Å². The predicted molar refractivity (Wildman–Crippen MR) is 147 cm³/mol. The summed E-state index contributed by atoms with van der Waals surface area (Å²) < 4.78 is 7.98. The molecule has 0 saturated carbocycles. The number of aromatic amines is 1. The first-order valence-corrected chi connectivity index (χ1v) is 13.2. The number of pyridine rings is 1. The SMILES string of the molecule is CC[C@@H]1CN(Cc2cc([C@@H](CC(C)=O)c3ccc4c(nnn4C)c3C)ccc2C)Cc2[nH]c(=O)ccc2O1. The van der Waals surface area contributed by atoms with Crippen LogP contribution in [0.3, 0.4) is 0 Å². The molecular weight excluding hydrogens is 478 g/mol. The van der Waals surface area contributed by atoms with Crippen molar-refractivity contribution >= 4 is 16.8 Å². The first kappa shape index (κ1) is 25.9. The maximum absolute atomic E-state index is 12.4. The predicted octanol–water partition coefficient (Wildman–Crippen LogP) is 4.56. The zero-order chi connectivity index (χ0) is 27.0. The maximum Gasteiger partial charge on any atom is 0.248 e. The summed E-state index contributed by atoms with van der Waals surface area (Å²) in [6.07, 6.45) is 1.33. The van der Waals surface area contributed by atoms with Crippen LogP contribution in [0.5, 0.6) is 5.75 Å². The largest absolute Gasteiger partial charge is 0.487 e. The molecule has 0 unspecified atom stereocenters. The third-order valence-electron chi connectivity index (χ3n) is 7.67. The number of Topliss-reactive ketones (excluding diaryl/α,β-unsaturated/α-hetero) is 1. The van der Waals surface area contributed by atoms with E-state index in [2.05, 4.69) is 65.2 Å². The van der Waals surface area contributed by atoms with Gasteiger partial charge >= 0.3 is 0 Å². The minimum absolute atomic E-state index is 0.0393. The van der Waals surface area contributed by atoms with E-state index in [1.165, 1.54) is 17.2 Å². The average molecular weight is 514 g/mol. The summed E-state index contributed by atoms with van der Waals surface area (Å²) in [4.78, 5) is 29.7. The number of ketones is 1. The molecule has 0 aliphatic carbocycles. The number of fused-ring (bicyclic) bond motifs is 2. The molecular formula is C30H35N5O3. The lowest BCUT2D eigenvalue weighted by molar-refractivity contribution is -0.117. The Morgan fingerprint density at radius 1 is 1.18 bits per heavy atom. The van der Waals surface area contributed by atoms with Crippen LogP contribution in [0.25, 0.3) is 11.0 Å². The summed E-state index contributed by atoms with van der Waals surface area (Å²) in [6, 6.07) is 14.0. The molecule has 8 nitrogen and oxygen atoms in total. The molecule has 4 aromatic rings. The van der Waals surface area contributed by atoms with Gasteiger partial charge in [0, 0.05) is 45.1 Å². The number of aromatic nitrogens is 4. The second-order valence-corrected chi connectivity index (χ2v) is 10.5. The fourth-order valence-electron chi connectivity index (χ4n) is 5.50. The fraction of sp³-hybridized carbons (Fsp3) is 0.400. The molecule has 5 rings (SSSR count). The Labute approximate surface area is 222 Å². The number of nitrogens with zero attached hydrogens (tertiary/aromatic N) is 4. The van der Waals surface area contributed by atoms with Gasteiger partial charge in [0.05, 0.1) is 11.2 Å². The van der Waals surface area contributed by atoms with E-state index < -0.39 is 0 Å². The molecule has 198 valence electrons. The number of H-pyrrole nitrogens is 1. The molecule has 2 aromatic carbocycles. The molecule has 3 heterocycles. The van der Waals surface area contributed by atoms with Gasteiger partial charge in [-0.25, -0.2) is 4.68 Å². The standard InChI is InChI=1S/C30H35N5O3/c1-6-23-16-35(17-26-28(38-23)11-12-29(37)31-26)15-22-14-21(8-7-18(22)2)25(13-19(3)36)24-9-10-27-30(20(24)4)32-33-34(27)5/h7-12,14,23,25H,6,13,15-17H2,1-5H3,(H,31,37)/t23-,25-/m1/s1. The van der Waals surface area contributed by atoms with Crippen molar-refractivity contribution in [3.63, 3.8) is 0 Å². The van der Waals surface area contributed by atoms with Gasteiger partial charge in [0.1, 0.15) is 23.2 Å². The number of carbonyl (C=O) groups is 1. The van der Waals surface area contributed by atoms with Gasteiger partial charge in [-0.2, -0.15) is 0 Å². The van der Waals surface area contributed by atoms with Gasteiger partial charge in [0.25, 0.3) is 0 Å². The normalized spacial score (nSPS) is 16.6. The quantitative estimate of drug-likeness (QED) is 0.390. The van der Waals surface area contributed by atoms with Gasteiger partial charge in [-0.05, 0) is 67.1 Å². The van der Waals surface area contributed by atoms with Gasteiger partial charge in [-0.15, -0.1) is 5.10 Å². The number of hydrogen-bond donors (Lipinski definition) is 1. The molecule has 0 bridgehead atoms. The van der Waals surface area contributed by atoms with Crippen LogP contribution in [-0.4, -0.2) is 43.3 Å². The monoisotopic (exact) mass is 513 g/mol. The van der Waals surface area contributed by atoms with Crippen molar-refractivity contribution in [1.29, 1.82) is 0 Å². The van der Waals surface area contributed by atoms with Gasteiger partial charge in [-0.3, -0.25) is 14.5 Å². The molecule has 0 spiro atoms. The van der Waals surface area contributed by atoms with E-state index in [0.29, 0.717) is 19.5 Å². The van der Waals surface area contributed by atoms with Gasteiger partial charge in [-0.1, -0.05) is 36.4 Å². The van der Waals surface area contributed by atoms with Gasteiger partial charge in [0.2, 0.25) is 5.56 Å². The van der Waals surface area contributed by atoms with Gasteiger partial charge in [0.15, 0.2) is 0 Å². The second-order valence-electron chi connectivity index (χ2n) is 10.5. The van der Waals surface area contributed by atoms with Crippen molar-refractivity contribution in [2.75, 3.05) is 6.54 Å². The highest BCUT2D eigenvalue weighted by molar-refractivity contribution is 5.81. The van der Waals surface area contributed by atoms with Crippen LogP contribution >= 0.6 is 0 Å². The molecule has 38 heavy (non-hydrogen) atoms. The second kappa shape index (κ2) is 10.5. The molecule has 1 N–H and O–H groups in total. The Morgan fingerprint density at radius 3 is 2.76 bits per heavy atom. The van der Waals surface area contributed by atoms with E-state index in [9.17, 15) is 9.59 Å². The van der Waals surface area contributed by atoms with Crippen LogP contribution in [0.15, 0.2) is 47.3 Å². The van der Waals surface area contributed by atoms with Crippen molar-refractivity contribution in [1.82, 2.24) is 24.9 Å². The highest BCUT2D eigenvalue weighted by Gasteiger charge is 2.25. The highest BCUT2D eigenvalue weighted by atomic mass is 16.5. The third-order valence-corrected chi connectivity index (χ3v) is 7.67. The van der Waals surface area contributed by atoms with E-state index in [-0.39, 0.29) is 23.4 Å². The molecule has 2 aromatic heterocycles. The lowest BCUT2D eigenvalue weighted by Gasteiger charge is -2.25. The summed E-state index contributed by atoms with van der Waals surface area (Å²) in [5.41, 5.74) is 8.19.